The minimum atomic E-state index is -3.55. The van der Waals surface area contributed by atoms with Crippen LogP contribution in [0.2, 0.25) is 0 Å². The van der Waals surface area contributed by atoms with E-state index in [0.29, 0.717) is 23.5 Å². The van der Waals surface area contributed by atoms with Crippen molar-refractivity contribution in [1.82, 2.24) is 10.7 Å². The fourth-order valence-corrected chi connectivity index (χ4v) is 5.11. The lowest BCUT2D eigenvalue weighted by Crippen LogP contribution is -2.35. The molecule has 1 atom stereocenters. The fraction of sp³-hybridized carbons (Fsp3) is 0.300. The second-order valence-electron chi connectivity index (χ2n) is 9.74. The van der Waals surface area contributed by atoms with E-state index in [-0.39, 0.29) is 25.2 Å². The number of nitrogens with zero attached hydrogens (tertiary/aromatic N) is 2. The van der Waals surface area contributed by atoms with Gasteiger partial charge < -0.3 is 14.8 Å². The van der Waals surface area contributed by atoms with E-state index in [1.807, 2.05) is 31.2 Å². The Morgan fingerprint density at radius 1 is 1.07 bits per heavy atom. The van der Waals surface area contributed by atoms with Crippen molar-refractivity contribution >= 4 is 33.7 Å². The lowest BCUT2D eigenvalue weighted by Gasteiger charge is -2.23. The van der Waals surface area contributed by atoms with E-state index in [9.17, 15) is 18.0 Å². The van der Waals surface area contributed by atoms with Crippen molar-refractivity contribution in [1.29, 1.82) is 0 Å². The highest BCUT2D eigenvalue weighted by Crippen LogP contribution is 2.22. The Balaban J connectivity index is 1.27. The number of carbonyl (C=O) groups is 2. The van der Waals surface area contributed by atoms with Crippen molar-refractivity contribution in [3.63, 3.8) is 0 Å². The third kappa shape index (κ3) is 8.89. The summed E-state index contributed by atoms with van der Waals surface area (Å²) in [6.07, 6.45) is 4.69. The molecule has 0 aliphatic carbocycles. The van der Waals surface area contributed by atoms with Gasteiger partial charge in [0.25, 0.3) is 11.8 Å². The highest BCUT2D eigenvalue weighted by molar-refractivity contribution is 7.92. The normalized spacial score (nSPS) is 15.0. The second-order valence-corrected chi connectivity index (χ2v) is 11.6. The number of hydrazone groups is 1. The van der Waals surface area contributed by atoms with Crippen LogP contribution in [0.4, 0.5) is 5.69 Å². The summed E-state index contributed by atoms with van der Waals surface area (Å²) < 4.78 is 37.3. The average molecular weight is 579 g/mol. The van der Waals surface area contributed by atoms with Crippen LogP contribution in [0.1, 0.15) is 39.9 Å². The van der Waals surface area contributed by atoms with Gasteiger partial charge in [-0.15, -0.1) is 0 Å². The lowest BCUT2D eigenvalue weighted by atomic mass is 10.1. The van der Waals surface area contributed by atoms with Crippen LogP contribution in [0.5, 0.6) is 5.75 Å². The standard InChI is InChI=1S/C30H34N4O6S/c1-22-6-3-4-7-25(22)20-34(41(2,37)38)26-13-11-24(12-14-26)30(36)33-32-18-23-9-15-27(16-10-23)40-21-29(35)31-19-28-8-5-17-39-28/h3-4,6-7,9-16,18,28H,5,8,17,19-21H2,1-2H3,(H,31,35)(H,33,36)/b32-18-/t28-/m1/s1. The molecule has 2 amide bonds. The van der Waals surface area contributed by atoms with Crippen LogP contribution in [-0.4, -0.2) is 58.6 Å². The van der Waals surface area contributed by atoms with E-state index in [1.54, 1.807) is 48.5 Å². The molecule has 0 aromatic heterocycles. The SMILES string of the molecule is Cc1ccccc1CN(c1ccc(C(=O)N/N=C\c2ccc(OCC(=O)NC[C@H]3CCCO3)cc2)cc1)S(C)(=O)=O. The minimum Gasteiger partial charge on any atom is -0.484 e. The van der Waals surface area contributed by atoms with Gasteiger partial charge in [-0.1, -0.05) is 24.3 Å². The number of hydrogen-bond acceptors (Lipinski definition) is 7. The van der Waals surface area contributed by atoms with Crippen LogP contribution in [-0.2, 0) is 26.1 Å². The molecule has 2 N–H and O–H groups in total. The van der Waals surface area contributed by atoms with Crippen LogP contribution >= 0.6 is 0 Å². The maximum Gasteiger partial charge on any atom is 0.271 e. The molecule has 216 valence electrons. The predicted molar refractivity (Wildman–Crippen MR) is 158 cm³/mol. The molecule has 11 heteroatoms. The van der Waals surface area contributed by atoms with Crippen LogP contribution in [0, 0.1) is 6.92 Å². The van der Waals surface area contributed by atoms with E-state index in [4.69, 9.17) is 9.47 Å². The summed E-state index contributed by atoms with van der Waals surface area (Å²) in [5.74, 6) is -0.118. The number of carbonyl (C=O) groups excluding carboxylic acids is 2. The first-order valence-corrected chi connectivity index (χ1v) is 15.1. The number of benzene rings is 3. The van der Waals surface area contributed by atoms with Gasteiger partial charge in [0, 0.05) is 18.7 Å². The van der Waals surface area contributed by atoms with E-state index >= 15 is 0 Å². The Bertz CT molecular complexity index is 1470. The molecule has 10 nitrogen and oxygen atoms in total. The molecular weight excluding hydrogens is 544 g/mol. The number of hydrogen-bond donors (Lipinski definition) is 2. The first-order valence-electron chi connectivity index (χ1n) is 13.3. The van der Waals surface area contributed by atoms with Crippen molar-refractivity contribution in [3.05, 3.63) is 95.1 Å². The highest BCUT2D eigenvalue weighted by atomic mass is 32.2. The van der Waals surface area contributed by atoms with Gasteiger partial charge in [-0.25, -0.2) is 13.8 Å². The van der Waals surface area contributed by atoms with Crippen LogP contribution in [0.15, 0.2) is 77.9 Å². The largest absolute Gasteiger partial charge is 0.484 e. The number of aryl methyl sites for hydroxylation is 1. The maximum absolute atomic E-state index is 12.6. The molecule has 4 rings (SSSR count). The van der Waals surface area contributed by atoms with Crippen molar-refractivity contribution < 1.29 is 27.5 Å². The van der Waals surface area contributed by atoms with Crippen molar-refractivity contribution in [2.45, 2.75) is 32.4 Å². The monoisotopic (exact) mass is 578 g/mol. The van der Waals surface area contributed by atoms with Crippen molar-refractivity contribution in [2.24, 2.45) is 5.10 Å². The van der Waals surface area contributed by atoms with Gasteiger partial charge >= 0.3 is 0 Å². The summed E-state index contributed by atoms with van der Waals surface area (Å²) in [6, 6.07) is 20.8. The molecule has 0 radical (unpaired) electrons. The number of anilines is 1. The molecule has 0 bridgehead atoms. The van der Waals surface area contributed by atoms with Gasteiger partial charge in [0.15, 0.2) is 6.61 Å². The number of nitrogens with one attached hydrogen (secondary N) is 2. The Labute approximate surface area is 240 Å². The van der Waals surface area contributed by atoms with Crippen molar-refractivity contribution in [3.8, 4) is 5.75 Å². The van der Waals surface area contributed by atoms with Crippen LogP contribution in [0.25, 0.3) is 0 Å². The zero-order chi connectivity index (χ0) is 29.2. The van der Waals surface area contributed by atoms with E-state index in [2.05, 4.69) is 15.8 Å². The lowest BCUT2D eigenvalue weighted by molar-refractivity contribution is -0.123. The molecule has 0 spiro atoms. The Morgan fingerprint density at radius 3 is 2.46 bits per heavy atom. The number of ether oxygens (including phenoxy) is 2. The highest BCUT2D eigenvalue weighted by Gasteiger charge is 2.19. The third-order valence-electron chi connectivity index (χ3n) is 6.57. The molecule has 0 saturated carbocycles. The Morgan fingerprint density at radius 2 is 1.80 bits per heavy atom. The Kier molecular flexibility index (Phi) is 10.1. The molecular formula is C30H34N4O6S. The first kappa shape index (κ1) is 29.8. The molecule has 41 heavy (non-hydrogen) atoms. The molecule has 3 aromatic rings. The van der Waals surface area contributed by atoms with E-state index in [1.165, 1.54) is 10.5 Å². The minimum absolute atomic E-state index is 0.0805. The van der Waals surface area contributed by atoms with Gasteiger partial charge in [0.1, 0.15) is 5.75 Å². The smallest absolute Gasteiger partial charge is 0.271 e. The van der Waals surface area contributed by atoms with Crippen LogP contribution in [0.3, 0.4) is 0 Å². The molecule has 1 saturated heterocycles. The summed E-state index contributed by atoms with van der Waals surface area (Å²) in [5, 5.41) is 6.80. The summed E-state index contributed by atoms with van der Waals surface area (Å²) >= 11 is 0. The predicted octanol–water partition coefficient (Wildman–Crippen LogP) is 3.40. The molecule has 1 fully saturated rings. The first-order chi connectivity index (χ1) is 19.7. The molecule has 0 unspecified atom stereocenters. The molecule has 3 aromatic carbocycles. The zero-order valence-corrected chi connectivity index (χ0v) is 23.9. The second kappa shape index (κ2) is 13.9. The molecule has 1 aliphatic heterocycles. The van der Waals surface area contributed by atoms with Gasteiger partial charge in [-0.2, -0.15) is 5.10 Å². The van der Waals surface area contributed by atoms with Gasteiger partial charge in [-0.3, -0.25) is 13.9 Å². The summed E-state index contributed by atoms with van der Waals surface area (Å²) in [5.41, 5.74) is 5.86. The maximum atomic E-state index is 12.6. The number of sulfonamides is 1. The number of amides is 2. The fourth-order valence-electron chi connectivity index (χ4n) is 4.23. The van der Waals surface area contributed by atoms with Crippen molar-refractivity contribution in [2.75, 3.05) is 30.3 Å². The third-order valence-corrected chi connectivity index (χ3v) is 7.71. The molecule has 1 heterocycles. The summed E-state index contributed by atoms with van der Waals surface area (Å²) in [6.45, 7) is 3.25. The van der Waals surface area contributed by atoms with Gasteiger partial charge in [-0.05, 0) is 85.0 Å². The topological polar surface area (TPSA) is 126 Å². The quantitative estimate of drug-likeness (QED) is 0.251. The van der Waals surface area contributed by atoms with Crippen LogP contribution < -0.4 is 19.8 Å². The van der Waals surface area contributed by atoms with Gasteiger partial charge in [0.2, 0.25) is 10.0 Å². The van der Waals surface area contributed by atoms with E-state index < -0.39 is 15.9 Å². The Hall–Kier alpha value is -4.22. The van der Waals surface area contributed by atoms with E-state index in [0.717, 1.165) is 42.4 Å². The zero-order valence-electron chi connectivity index (χ0n) is 23.1. The van der Waals surface area contributed by atoms with Gasteiger partial charge in [0.05, 0.1) is 30.8 Å². The number of rotatable bonds is 12. The molecule has 1 aliphatic rings. The summed E-state index contributed by atoms with van der Waals surface area (Å²) in [7, 11) is -3.55. The average Bonchev–Trinajstić information content (AvgIpc) is 3.48. The summed E-state index contributed by atoms with van der Waals surface area (Å²) in [4.78, 5) is 24.5.